The Morgan fingerprint density at radius 3 is 2.71 bits per heavy atom. The molecule has 2 aromatic rings. The number of hydrogen-bond acceptors (Lipinski definition) is 2. The van der Waals surface area contributed by atoms with Gasteiger partial charge in [0.25, 0.3) is 0 Å². The minimum atomic E-state index is -0.385. The van der Waals surface area contributed by atoms with E-state index in [-0.39, 0.29) is 17.0 Å². The number of nitrogens with one attached hydrogen (secondary N) is 1. The number of aromatic nitrogens is 1. The minimum absolute atomic E-state index is 0.148. The Morgan fingerprint density at radius 2 is 2.00 bits per heavy atom. The second kappa shape index (κ2) is 5.15. The zero-order chi connectivity index (χ0) is 12.3. The van der Waals surface area contributed by atoms with Gasteiger partial charge in [-0.15, -0.1) is 11.6 Å². The van der Waals surface area contributed by atoms with Gasteiger partial charge in [0, 0.05) is 11.9 Å². The third-order valence-electron chi connectivity index (χ3n) is 2.40. The number of halogens is 2. The van der Waals surface area contributed by atoms with Gasteiger partial charge in [-0.25, -0.2) is 9.37 Å². The van der Waals surface area contributed by atoms with E-state index in [1.165, 1.54) is 12.3 Å². The maximum atomic E-state index is 13.5. The highest BCUT2D eigenvalue weighted by molar-refractivity contribution is 6.21. The van der Waals surface area contributed by atoms with Gasteiger partial charge in [-0.2, -0.15) is 0 Å². The van der Waals surface area contributed by atoms with Gasteiger partial charge >= 0.3 is 0 Å². The quantitative estimate of drug-likeness (QED) is 0.823. The van der Waals surface area contributed by atoms with Crippen molar-refractivity contribution in [1.29, 1.82) is 0 Å². The highest BCUT2D eigenvalue weighted by Gasteiger charge is 2.09. The molecule has 0 amide bonds. The number of nitrogens with zero attached hydrogens (tertiary/aromatic N) is 1. The lowest BCUT2D eigenvalue weighted by molar-refractivity contribution is 0.626. The molecule has 1 aromatic heterocycles. The SMILES string of the molecule is CC(Cl)c1ccccc1Nc1ncccc1F. The molecule has 1 aromatic carbocycles. The summed E-state index contributed by atoms with van der Waals surface area (Å²) in [5.41, 5.74) is 1.69. The molecule has 1 atom stereocenters. The molecule has 0 aliphatic carbocycles. The second-order valence-electron chi connectivity index (χ2n) is 3.66. The lowest BCUT2D eigenvalue weighted by Crippen LogP contribution is -2.00. The van der Waals surface area contributed by atoms with Crippen LogP contribution in [0.25, 0.3) is 0 Å². The first-order valence-corrected chi connectivity index (χ1v) is 5.72. The van der Waals surface area contributed by atoms with Gasteiger partial charge in [0.2, 0.25) is 0 Å². The van der Waals surface area contributed by atoms with Crippen LogP contribution in [0.3, 0.4) is 0 Å². The number of anilines is 2. The molecule has 4 heteroatoms. The van der Waals surface area contributed by atoms with Crippen LogP contribution in [-0.2, 0) is 0 Å². The zero-order valence-electron chi connectivity index (χ0n) is 9.32. The van der Waals surface area contributed by atoms with Crippen LogP contribution < -0.4 is 5.32 Å². The first-order chi connectivity index (χ1) is 8.18. The number of alkyl halides is 1. The van der Waals surface area contributed by atoms with Crippen molar-refractivity contribution in [2.24, 2.45) is 0 Å². The van der Waals surface area contributed by atoms with E-state index >= 15 is 0 Å². The first kappa shape index (κ1) is 11.9. The number of pyridine rings is 1. The van der Waals surface area contributed by atoms with Gasteiger partial charge < -0.3 is 5.32 Å². The van der Waals surface area contributed by atoms with Crippen molar-refractivity contribution in [3.05, 3.63) is 54.0 Å². The van der Waals surface area contributed by atoms with Crippen LogP contribution in [0.15, 0.2) is 42.6 Å². The van der Waals surface area contributed by atoms with E-state index in [9.17, 15) is 4.39 Å². The molecule has 2 rings (SSSR count). The summed E-state index contributed by atoms with van der Waals surface area (Å²) in [7, 11) is 0. The molecular formula is C13H12ClFN2. The van der Waals surface area contributed by atoms with Crippen LogP contribution in [0.5, 0.6) is 0 Å². The van der Waals surface area contributed by atoms with E-state index in [4.69, 9.17) is 11.6 Å². The maximum Gasteiger partial charge on any atom is 0.166 e. The van der Waals surface area contributed by atoms with Gasteiger partial charge in [0.05, 0.1) is 5.38 Å². The van der Waals surface area contributed by atoms with E-state index in [0.29, 0.717) is 0 Å². The summed E-state index contributed by atoms with van der Waals surface area (Å²) in [4.78, 5) is 3.94. The van der Waals surface area contributed by atoms with E-state index < -0.39 is 0 Å². The summed E-state index contributed by atoms with van der Waals surface area (Å²) >= 11 is 6.06. The van der Waals surface area contributed by atoms with Crippen LogP contribution in [0.1, 0.15) is 17.9 Å². The molecule has 17 heavy (non-hydrogen) atoms. The highest BCUT2D eigenvalue weighted by Crippen LogP contribution is 2.29. The van der Waals surface area contributed by atoms with Crippen molar-refractivity contribution in [2.45, 2.75) is 12.3 Å². The summed E-state index contributed by atoms with van der Waals surface area (Å²) in [5, 5.41) is 2.80. The molecule has 1 N–H and O–H groups in total. The van der Waals surface area contributed by atoms with Crippen LogP contribution in [0.2, 0.25) is 0 Å². The Bertz CT molecular complexity index is 514. The monoisotopic (exact) mass is 250 g/mol. The lowest BCUT2D eigenvalue weighted by Gasteiger charge is -2.13. The van der Waals surface area contributed by atoms with Crippen LogP contribution in [-0.4, -0.2) is 4.98 Å². The number of para-hydroxylation sites is 1. The fraction of sp³-hybridized carbons (Fsp3) is 0.154. The van der Waals surface area contributed by atoms with E-state index in [0.717, 1.165) is 11.3 Å². The Hall–Kier alpha value is -1.61. The van der Waals surface area contributed by atoms with Gasteiger partial charge in [-0.05, 0) is 30.7 Å². The van der Waals surface area contributed by atoms with Gasteiger partial charge in [-0.3, -0.25) is 0 Å². The zero-order valence-corrected chi connectivity index (χ0v) is 10.1. The molecule has 0 spiro atoms. The number of benzene rings is 1. The molecular weight excluding hydrogens is 239 g/mol. The molecule has 0 saturated carbocycles. The first-order valence-electron chi connectivity index (χ1n) is 5.29. The van der Waals surface area contributed by atoms with E-state index in [2.05, 4.69) is 10.3 Å². The third-order valence-corrected chi connectivity index (χ3v) is 2.64. The lowest BCUT2D eigenvalue weighted by atomic mass is 10.1. The molecule has 0 fully saturated rings. The summed E-state index contributed by atoms with van der Waals surface area (Å²) in [6.45, 7) is 1.87. The van der Waals surface area contributed by atoms with Crippen LogP contribution >= 0.6 is 11.6 Å². The standard InChI is InChI=1S/C13H12ClFN2/c1-9(14)10-5-2-3-7-12(10)17-13-11(15)6-4-8-16-13/h2-9H,1H3,(H,16,17). The highest BCUT2D eigenvalue weighted by atomic mass is 35.5. The van der Waals surface area contributed by atoms with Crippen molar-refractivity contribution in [1.82, 2.24) is 4.98 Å². The molecule has 2 nitrogen and oxygen atoms in total. The average molecular weight is 251 g/mol. The number of rotatable bonds is 3. The van der Waals surface area contributed by atoms with Crippen LogP contribution in [0.4, 0.5) is 15.9 Å². The normalized spacial score (nSPS) is 12.2. The molecule has 0 bridgehead atoms. The fourth-order valence-electron chi connectivity index (χ4n) is 1.56. The summed E-state index contributed by atoms with van der Waals surface area (Å²) in [6, 6.07) is 10.4. The van der Waals surface area contributed by atoms with E-state index in [1.54, 1.807) is 6.07 Å². The molecule has 1 heterocycles. The minimum Gasteiger partial charge on any atom is -0.338 e. The molecule has 0 aliphatic rings. The van der Waals surface area contributed by atoms with Crippen molar-refractivity contribution in [3.8, 4) is 0 Å². The smallest absolute Gasteiger partial charge is 0.166 e. The Labute approximate surface area is 104 Å². The van der Waals surface area contributed by atoms with Crippen molar-refractivity contribution >= 4 is 23.1 Å². The topological polar surface area (TPSA) is 24.9 Å². The second-order valence-corrected chi connectivity index (χ2v) is 4.32. The fourth-order valence-corrected chi connectivity index (χ4v) is 1.75. The van der Waals surface area contributed by atoms with Crippen molar-refractivity contribution in [3.63, 3.8) is 0 Å². The Morgan fingerprint density at radius 1 is 1.24 bits per heavy atom. The molecule has 1 unspecified atom stereocenters. The van der Waals surface area contributed by atoms with Gasteiger partial charge in [-0.1, -0.05) is 18.2 Å². The predicted molar refractivity (Wildman–Crippen MR) is 68.2 cm³/mol. The van der Waals surface area contributed by atoms with Gasteiger partial charge in [0.15, 0.2) is 11.6 Å². The Balaban J connectivity index is 2.34. The van der Waals surface area contributed by atoms with Crippen molar-refractivity contribution in [2.75, 3.05) is 5.32 Å². The Kier molecular flexibility index (Phi) is 3.59. The predicted octanol–water partition coefficient (Wildman–Crippen LogP) is 4.26. The average Bonchev–Trinajstić information content (AvgIpc) is 2.32. The van der Waals surface area contributed by atoms with Crippen LogP contribution in [0, 0.1) is 5.82 Å². The summed E-state index contributed by atoms with van der Waals surface area (Å²) in [6.07, 6.45) is 1.54. The van der Waals surface area contributed by atoms with Gasteiger partial charge in [0.1, 0.15) is 0 Å². The van der Waals surface area contributed by atoms with E-state index in [1.807, 2.05) is 31.2 Å². The number of hydrogen-bond donors (Lipinski definition) is 1. The maximum absolute atomic E-state index is 13.5. The van der Waals surface area contributed by atoms with Crippen molar-refractivity contribution < 1.29 is 4.39 Å². The largest absolute Gasteiger partial charge is 0.338 e. The molecule has 88 valence electrons. The third kappa shape index (κ3) is 2.74. The molecule has 0 aliphatic heterocycles. The molecule has 0 saturated heterocycles. The summed E-state index contributed by atoms with van der Waals surface area (Å²) in [5.74, 6) is -0.179. The molecule has 0 radical (unpaired) electrons. The summed E-state index contributed by atoms with van der Waals surface area (Å²) < 4.78 is 13.5.